The number of carbonyl (C=O) groups is 1. The molecule has 0 unspecified atom stereocenters. The number of benzene rings is 1. The molecule has 0 bridgehead atoms. The summed E-state index contributed by atoms with van der Waals surface area (Å²) in [6, 6.07) is 4.36. The van der Waals surface area contributed by atoms with E-state index < -0.39 is 21.0 Å². The fourth-order valence-corrected chi connectivity index (χ4v) is 5.23. The topological polar surface area (TPSA) is 143 Å². The Morgan fingerprint density at radius 1 is 1.29 bits per heavy atom. The van der Waals surface area contributed by atoms with Crippen LogP contribution in [0, 0.1) is 17.0 Å². The lowest BCUT2D eigenvalue weighted by atomic mass is 10.1. The molecule has 11 nitrogen and oxygen atoms in total. The molecule has 0 N–H and O–H groups in total. The van der Waals surface area contributed by atoms with Crippen molar-refractivity contribution in [2.45, 2.75) is 32.7 Å². The minimum Gasteiger partial charge on any atom is -0.748 e. The fourth-order valence-electron chi connectivity index (χ4n) is 3.66. The molecule has 34 heavy (non-hydrogen) atoms. The maximum absolute atomic E-state index is 12.5. The molecule has 0 radical (unpaired) electrons. The van der Waals surface area contributed by atoms with Gasteiger partial charge in [-0.25, -0.2) is 13.2 Å². The monoisotopic (exact) mass is 513 g/mol. The van der Waals surface area contributed by atoms with Gasteiger partial charge in [0.2, 0.25) is 5.51 Å². The van der Waals surface area contributed by atoms with E-state index in [9.17, 15) is 27.9 Å². The summed E-state index contributed by atoms with van der Waals surface area (Å²) in [5.74, 6) is -0.997. The molecule has 1 aliphatic rings. The van der Waals surface area contributed by atoms with Crippen molar-refractivity contribution in [3.8, 4) is 0 Å². The molecule has 1 aromatic heterocycles. The number of nitrogens with zero attached hydrogens (tertiary/aromatic N) is 3. The third-order valence-electron chi connectivity index (χ3n) is 5.52. The highest BCUT2D eigenvalue weighted by atomic mass is 32.2. The largest absolute Gasteiger partial charge is 0.748 e. The van der Waals surface area contributed by atoms with Crippen molar-refractivity contribution in [3.05, 3.63) is 50.0 Å². The van der Waals surface area contributed by atoms with Gasteiger partial charge in [-0.15, -0.1) is 0 Å². The van der Waals surface area contributed by atoms with Crippen molar-refractivity contribution >= 4 is 38.8 Å². The number of nitro groups is 1. The lowest BCUT2D eigenvalue weighted by Gasteiger charge is -2.28. The maximum Gasteiger partial charge on any atom is 0.338 e. The first-order chi connectivity index (χ1) is 16.2. The van der Waals surface area contributed by atoms with Crippen molar-refractivity contribution in [2.75, 3.05) is 43.6 Å². The van der Waals surface area contributed by atoms with Crippen LogP contribution in [0.25, 0.3) is 0 Å². The maximum atomic E-state index is 12.5. The fraction of sp³-hybridized carbons (Fsp3) is 0.524. The van der Waals surface area contributed by atoms with Crippen molar-refractivity contribution in [1.29, 1.82) is 0 Å². The van der Waals surface area contributed by atoms with E-state index in [0.29, 0.717) is 57.8 Å². The number of esters is 1. The summed E-state index contributed by atoms with van der Waals surface area (Å²) in [6.45, 7) is 4.71. The molecule has 0 amide bonds. The van der Waals surface area contributed by atoms with Crippen molar-refractivity contribution < 1.29 is 36.7 Å². The zero-order valence-electron chi connectivity index (χ0n) is 18.8. The van der Waals surface area contributed by atoms with Crippen molar-refractivity contribution in [2.24, 2.45) is 0 Å². The van der Waals surface area contributed by atoms with E-state index in [-0.39, 0.29) is 23.6 Å². The second-order valence-corrected chi connectivity index (χ2v) is 10.3. The van der Waals surface area contributed by atoms with E-state index >= 15 is 0 Å². The van der Waals surface area contributed by atoms with Crippen LogP contribution in [0.3, 0.4) is 0 Å². The first kappa shape index (κ1) is 26.0. The van der Waals surface area contributed by atoms with Gasteiger partial charge in [-0.2, -0.15) is 4.57 Å². The van der Waals surface area contributed by atoms with Gasteiger partial charge < -0.3 is 18.9 Å². The molecule has 1 aliphatic heterocycles. The Bertz CT molecular complexity index is 1130. The highest BCUT2D eigenvalue weighted by molar-refractivity contribution is 7.85. The van der Waals surface area contributed by atoms with E-state index in [2.05, 4.69) is 0 Å². The zero-order chi connectivity index (χ0) is 24.7. The Labute approximate surface area is 201 Å². The van der Waals surface area contributed by atoms with Gasteiger partial charge in [0.1, 0.15) is 12.2 Å². The average Bonchev–Trinajstić information content (AvgIpc) is 3.15. The number of morpholine rings is 1. The Hall–Kier alpha value is -2.61. The molecule has 13 heteroatoms. The minimum atomic E-state index is -4.19. The van der Waals surface area contributed by atoms with Crippen LogP contribution in [0.2, 0.25) is 0 Å². The summed E-state index contributed by atoms with van der Waals surface area (Å²) in [4.78, 5) is 26.4. The van der Waals surface area contributed by atoms with Crippen molar-refractivity contribution in [1.82, 2.24) is 0 Å². The second kappa shape index (κ2) is 11.7. The van der Waals surface area contributed by atoms with Crippen LogP contribution in [0.4, 0.5) is 11.4 Å². The number of anilines is 1. The number of rotatable bonds is 11. The van der Waals surface area contributed by atoms with Crippen LogP contribution >= 0.6 is 11.3 Å². The molecule has 0 aliphatic carbocycles. The summed E-state index contributed by atoms with van der Waals surface area (Å²) in [5.41, 5.74) is 3.32. The number of aryl methyl sites for hydroxylation is 1. The van der Waals surface area contributed by atoms with Crippen LogP contribution in [0.15, 0.2) is 23.7 Å². The number of ether oxygens (including phenoxy) is 2. The van der Waals surface area contributed by atoms with Crippen LogP contribution in [0.1, 0.15) is 33.8 Å². The second-order valence-electron chi connectivity index (χ2n) is 7.84. The number of unbranched alkanes of at least 4 members (excludes halogenated alkanes) is 1. The van der Waals surface area contributed by atoms with E-state index in [1.807, 2.05) is 21.9 Å². The smallest absolute Gasteiger partial charge is 0.338 e. The van der Waals surface area contributed by atoms with Crippen LogP contribution < -0.4 is 9.47 Å². The number of hydrogen-bond acceptors (Lipinski definition) is 10. The standard InChI is InChI=1S/C21H27N3O8S2/c1-16-20(33-15-23(16)7-2-3-13-34(28,29)30)6-10-32-21(25)17-4-5-18(19(14-17)24(26)27)22-8-11-31-12-9-22/h4-5,14-15H,2-3,6-13H2,1H3. The summed E-state index contributed by atoms with van der Waals surface area (Å²) in [6.07, 6.45) is 1.35. The van der Waals surface area contributed by atoms with Crippen LogP contribution in [0.5, 0.6) is 0 Å². The number of carbonyl (C=O) groups excluding carboxylic acids is 1. The zero-order valence-corrected chi connectivity index (χ0v) is 20.4. The van der Waals surface area contributed by atoms with Gasteiger partial charge in [-0.05, 0) is 18.6 Å². The molecule has 186 valence electrons. The highest BCUT2D eigenvalue weighted by Gasteiger charge is 2.24. The minimum absolute atomic E-state index is 0.119. The third-order valence-corrected chi connectivity index (χ3v) is 7.45. The molecule has 0 atom stereocenters. The van der Waals surface area contributed by atoms with Gasteiger partial charge in [0, 0.05) is 44.7 Å². The van der Waals surface area contributed by atoms with Gasteiger partial charge >= 0.3 is 5.97 Å². The number of thiazole rings is 1. The molecule has 3 rings (SSSR count). The molecular formula is C21H27N3O8S2. The Morgan fingerprint density at radius 3 is 2.71 bits per heavy atom. The first-order valence-electron chi connectivity index (χ1n) is 10.8. The Kier molecular flexibility index (Phi) is 8.94. The molecule has 0 spiro atoms. The Balaban J connectivity index is 1.54. The van der Waals surface area contributed by atoms with E-state index in [1.54, 1.807) is 6.07 Å². The number of aromatic nitrogens is 1. The SMILES string of the molecule is Cc1c(CCOC(=O)c2ccc(N3CCOCC3)c([N+](=O)[O-])c2)sc[n+]1CCCCS(=O)(=O)[O-]. The van der Waals surface area contributed by atoms with Gasteiger partial charge in [-0.1, -0.05) is 11.3 Å². The molecule has 2 heterocycles. The van der Waals surface area contributed by atoms with E-state index in [4.69, 9.17) is 9.47 Å². The molecule has 2 aromatic rings. The van der Waals surface area contributed by atoms with Gasteiger partial charge in [0.15, 0.2) is 5.69 Å². The molecule has 0 saturated carbocycles. The predicted octanol–water partition coefficient (Wildman–Crippen LogP) is 1.81. The van der Waals surface area contributed by atoms with Crippen molar-refractivity contribution in [3.63, 3.8) is 0 Å². The van der Waals surface area contributed by atoms with Gasteiger partial charge in [-0.3, -0.25) is 10.1 Å². The van der Waals surface area contributed by atoms with Crippen LogP contribution in [-0.2, 0) is 32.6 Å². The van der Waals surface area contributed by atoms with E-state index in [1.165, 1.54) is 23.5 Å². The quantitative estimate of drug-likeness (QED) is 0.110. The van der Waals surface area contributed by atoms with Crippen LogP contribution in [-0.4, -0.2) is 62.5 Å². The Morgan fingerprint density at radius 2 is 2.03 bits per heavy atom. The highest BCUT2D eigenvalue weighted by Crippen LogP contribution is 2.30. The van der Waals surface area contributed by atoms with Gasteiger partial charge in [0.05, 0.1) is 45.3 Å². The van der Waals surface area contributed by atoms with Gasteiger partial charge in [0.25, 0.3) is 5.69 Å². The molecule has 1 fully saturated rings. The number of nitro benzene ring substituents is 1. The first-order valence-corrected chi connectivity index (χ1v) is 13.3. The lowest BCUT2D eigenvalue weighted by molar-refractivity contribution is -0.698. The summed E-state index contributed by atoms with van der Waals surface area (Å²) in [7, 11) is -4.19. The molecule has 1 aromatic carbocycles. The summed E-state index contributed by atoms with van der Waals surface area (Å²) in [5, 5.41) is 11.6. The van der Waals surface area contributed by atoms with E-state index in [0.717, 1.165) is 10.6 Å². The third kappa shape index (κ3) is 7.19. The summed E-state index contributed by atoms with van der Waals surface area (Å²) >= 11 is 1.50. The normalized spacial score (nSPS) is 14.2. The average molecular weight is 514 g/mol. The summed E-state index contributed by atoms with van der Waals surface area (Å²) < 4.78 is 44.7. The number of hydrogen-bond donors (Lipinski definition) is 0. The molecular weight excluding hydrogens is 486 g/mol. The lowest BCUT2D eigenvalue weighted by Crippen LogP contribution is -2.36. The molecule has 1 saturated heterocycles. The predicted molar refractivity (Wildman–Crippen MR) is 123 cm³/mol.